The number of aromatic nitrogens is 2. The van der Waals surface area contributed by atoms with Crippen molar-refractivity contribution in [2.45, 2.75) is 31.7 Å². The van der Waals surface area contributed by atoms with Gasteiger partial charge in [-0.2, -0.15) is 4.98 Å². The van der Waals surface area contributed by atoms with E-state index in [0.29, 0.717) is 57.2 Å². The highest BCUT2D eigenvalue weighted by molar-refractivity contribution is 5.80. The summed E-state index contributed by atoms with van der Waals surface area (Å²) in [4.78, 5) is 30.5. The summed E-state index contributed by atoms with van der Waals surface area (Å²) in [6.07, 6.45) is 2.28. The minimum atomic E-state index is -0.768. The predicted molar refractivity (Wildman–Crippen MR) is 98.1 cm³/mol. The van der Waals surface area contributed by atoms with Gasteiger partial charge in [-0.1, -0.05) is 23.4 Å². The first-order valence-corrected chi connectivity index (χ1v) is 9.63. The van der Waals surface area contributed by atoms with Crippen molar-refractivity contribution in [2.75, 3.05) is 19.8 Å². The molecule has 0 radical (unpaired) electrons. The first-order valence-electron chi connectivity index (χ1n) is 9.63. The van der Waals surface area contributed by atoms with Crippen LogP contribution in [0.25, 0.3) is 11.5 Å². The summed E-state index contributed by atoms with van der Waals surface area (Å²) in [5.41, 5.74) is 0.822. The molecule has 1 aliphatic heterocycles. The number of carboxylic acid groups (broad SMARTS) is 1. The summed E-state index contributed by atoms with van der Waals surface area (Å²) in [5, 5.41) is 13.3. The molecule has 1 saturated heterocycles. The minimum absolute atomic E-state index is 0.0307. The van der Waals surface area contributed by atoms with Gasteiger partial charge in [-0.25, -0.2) is 0 Å². The van der Waals surface area contributed by atoms with E-state index in [1.54, 1.807) is 4.90 Å². The molecule has 1 N–H and O–H groups in total. The average Bonchev–Trinajstić information content (AvgIpc) is 3.24. The van der Waals surface area contributed by atoms with Crippen LogP contribution in [0.15, 0.2) is 34.9 Å². The van der Waals surface area contributed by atoms with Crippen LogP contribution in [0.3, 0.4) is 0 Å². The van der Waals surface area contributed by atoms with E-state index in [9.17, 15) is 9.59 Å². The first kappa shape index (κ1) is 18.6. The molecule has 1 unspecified atom stereocenters. The molecule has 8 nitrogen and oxygen atoms in total. The van der Waals surface area contributed by atoms with Gasteiger partial charge in [0.25, 0.3) is 5.89 Å². The number of nitrogens with zero attached hydrogens (tertiary/aromatic N) is 3. The van der Waals surface area contributed by atoms with Crippen molar-refractivity contribution in [3.05, 3.63) is 36.2 Å². The highest BCUT2D eigenvalue weighted by Crippen LogP contribution is 2.33. The molecular formula is C20H23N3O5. The molecule has 148 valence electrons. The Morgan fingerprint density at radius 3 is 2.50 bits per heavy atom. The third kappa shape index (κ3) is 3.77. The molecule has 0 bridgehead atoms. The molecule has 1 atom stereocenters. The lowest BCUT2D eigenvalue weighted by molar-refractivity contribution is -0.149. The van der Waals surface area contributed by atoms with Crippen LogP contribution in [0.5, 0.6) is 0 Å². The van der Waals surface area contributed by atoms with E-state index in [1.807, 2.05) is 30.3 Å². The van der Waals surface area contributed by atoms with Crippen LogP contribution in [-0.2, 0) is 14.3 Å². The number of morpholine rings is 1. The van der Waals surface area contributed by atoms with Crippen molar-refractivity contribution in [1.82, 2.24) is 15.0 Å². The SMILES string of the molecule is O=C(O)C1CCC(C(=O)N2CCOCC2c2noc(-c3ccccc3)n2)CC1. The smallest absolute Gasteiger partial charge is 0.306 e. The summed E-state index contributed by atoms with van der Waals surface area (Å²) >= 11 is 0. The van der Waals surface area contributed by atoms with Gasteiger partial charge in [0.05, 0.1) is 19.1 Å². The summed E-state index contributed by atoms with van der Waals surface area (Å²) < 4.78 is 11.0. The normalized spacial score (nSPS) is 25.4. The molecule has 8 heteroatoms. The lowest BCUT2D eigenvalue weighted by Gasteiger charge is -2.37. The summed E-state index contributed by atoms with van der Waals surface area (Å²) in [5.74, 6) is -0.382. The Morgan fingerprint density at radius 1 is 1.07 bits per heavy atom. The predicted octanol–water partition coefficient (Wildman–Crippen LogP) is 2.53. The van der Waals surface area contributed by atoms with Crippen molar-refractivity contribution in [3.8, 4) is 11.5 Å². The maximum absolute atomic E-state index is 13.1. The van der Waals surface area contributed by atoms with Crippen molar-refractivity contribution >= 4 is 11.9 Å². The topological polar surface area (TPSA) is 106 Å². The number of carbonyl (C=O) groups excluding carboxylic acids is 1. The van der Waals surface area contributed by atoms with Gasteiger partial charge in [0.1, 0.15) is 6.04 Å². The van der Waals surface area contributed by atoms with Gasteiger partial charge in [-0.15, -0.1) is 0 Å². The Kier molecular flexibility index (Phi) is 5.38. The molecule has 2 fully saturated rings. The standard InChI is InChI=1S/C20H23N3O5/c24-19(14-6-8-15(9-7-14)20(25)26)23-10-11-27-12-16(23)17-21-18(28-22-17)13-4-2-1-3-5-13/h1-5,14-16H,6-12H2,(H,25,26). The van der Waals surface area contributed by atoms with Gasteiger partial charge < -0.3 is 19.3 Å². The number of carbonyl (C=O) groups is 2. The third-order valence-electron chi connectivity index (χ3n) is 5.60. The number of amides is 1. The number of carboxylic acids is 1. The Morgan fingerprint density at radius 2 is 1.79 bits per heavy atom. The Labute approximate surface area is 162 Å². The highest BCUT2D eigenvalue weighted by atomic mass is 16.5. The summed E-state index contributed by atoms with van der Waals surface area (Å²) in [6, 6.07) is 9.09. The van der Waals surface area contributed by atoms with Gasteiger partial charge in [0.15, 0.2) is 5.82 Å². The monoisotopic (exact) mass is 385 g/mol. The largest absolute Gasteiger partial charge is 0.481 e. The fourth-order valence-electron chi connectivity index (χ4n) is 3.97. The van der Waals surface area contributed by atoms with Crippen LogP contribution in [0.2, 0.25) is 0 Å². The lowest BCUT2D eigenvalue weighted by atomic mass is 9.81. The van der Waals surface area contributed by atoms with E-state index in [-0.39, 0.29) is 23.8 Å². The van der Waals surface area contributed by atoms with Crippen LogP contribution >= 0.6 is 0 Å². The zero-order valence-corrected chi connectivity index (χ0v) is 15.5. The first-order chi connectivity index (χ1) is 13.6. The van der Waals surface area contributed by atoms with Crippen LogP contribution in [0.1, 0.15) is 37.5 Å². The molecule has 2 aromatic rings. The van der Waals surface area contributed by atoms with Crippen molar-refractivity contribution in [2.24, 2.45) is 11.8 Å². The van der Waals surface area contributed by atoms with Crippen LogP contribution in [0, 0.1) is 11.8 Å². The number of benzene rings is 1. The number of hydrogen-bond donors (Lipinski definition) is 1. The van der Waals surface area contributed by atoms with E-state index in [2.05, 4.69) is 10.1 Å². The fourth-order valence-corrected chi connectivity index (χ4v) is 3.97. The van der Waals surface area contributed by atoms with Crippen molar-refractivity contribution in [1.29, 1.82) is 0 Å². The Hall–Kier alpha value is -2.74. The third-order valence-corrected chi connectivity index (χ3v) is 5.60. The molecule has 1 aromatic heterocycles. The zero-order valence-electron chi connectivity index (χ0n) is 15.5. The number of ether oxygens (including phenoxy) is 1. The van der Waals surface area contributed by atoms with E-state index in [4.69, 9.17) is 14.4 Å². The summed E-state index contributed by atoms with van der Waals surface area (Å²) in [6.45, 7) is 1.26. The second-order valence-corrected chi connectivity index (χ2v) is 7.33. The molecule has 0 spiro atoms. The van der Waals surface area contributed by atoms with Gasteiger partial charge in [-0.05, 0) is 37.8 Å². The molecule has 1 aliphatic carbocycles. The maximum Gasteiger partial charge on any atom is 0.306 e. The van der Waals surface area contributed by atoms with Crippen molar-refractivity contribution in [3.63, 3.8) is 0 Å². The molecule has 4 rings (SSSR count). The molecule has 1 saturated carbocycles. The van der Waals surface area contributed by atoms with Gasteiger partial charge in [0.2, 0.25) is 5.91 Å². The second kappa shape index (κ2) is 8.10. The number of rotatable bonds is 4. The Balaban J connectivity index is 1.48. The summed E-state index contributed by atoms with van der Waals surface area (Å²) in [7, 11) is 0. The molecule has 2 aliphatic rings. The minimum Gasteiger partial charge on any atom is -0.481 e. The molecule has 28 heavy (non-hydrogen) atoms. The zero-order chi connectivity index (χ0) is 19.5. The van der Waals surface area contributed by atoms with E-state index < -0.39 is 5.97 Å². The highest BCUT2D eigenvalue weighted by Gasteiger charge is 2.38. The van der Waals surface area contributed by atoms with Crippen LogP contribution in [0.4, 0.5) is 0 Å². The quantitative estimate of drug-likeness (QED) is 0.862. The average molecular weight is 385 g/mol. The molecular weight excluding hydrogens is 362 g/mol. The van der Waals surface area contributed by atoms with Gasteiger partial charge in [0, 0.05) is 18.0 Å². The Bertz CT molecular complexity index is 829. The van der Waals surface area contributed by atoms with E-state index >= 15 is 0 Å². The lowest BCUT2D eigenvalue weighted by Crippen LogP contribution is -2.47. The van der Waals surface area contributed by atoms with E-state index in [1.165, 1.54) is 0 Å². The second-order valence-electron chi connectivity index (χ2n) is 7.33. The van der Waals surface area contributed by atoms with Crippen molar-refractivity contribution < 1.29 is 24.0 Å². The van der Waals surface area contributed by atoms with Crippen LogP contribution < -0.4 is 0 Å². The van der Waals surface area contributed by atoms with Gasteiger partial charge >= 0.3 is 5.97 Å². The number of aliphatic carboxylic acids is 1. The molecule has 1 amide bonds. The van der Waals surface area contributed by atoms with Gasteiger partial charge in [-0.3, -0.25) is 9.59 Å². The fraction of sp³-hybridized carbons (Fsp3) is 0.500. The van der Waals surface area contributed by atoms with Crippen LogP contribution in [-0.4, -0.2) is 51.8 Å². The van der Waals surface area contributed by atoms with E-state index in [0.717, 1.165) is 5.56 Å². The molecule has 2 heterocycles. The maximum atomic E-state index is 13.1. The molecule has 1 aromatic carbocycles. The number of hydrogen-bond acceptors (Lipinski definition) is 6.